The van der Waals surface area contributed by atoms with Crippen LogP contribution in [0.1, 0.15) is 33.4 Å². The molecule has 0 fully saturated rings. The van der Waals surface area contributed by atoms with E-state index in [1.54, 1.807) is 0 Å². The van der Waals surface area contributed by atoms with Crippen LogP contribution in [0.25, 0.3) is 0 Å². The molecular formula is C38H60Cu2N8O3+3. The monoisotopic (exact) mass is 802 g/mol. The minimum Gasteiger partial charge on any atom is -0.346 e. The molecule has 0 spiro atoms. The molecule has 6 rings (SSSR count). The molecule has 3 heterocycles. The second kappa shape index (κ2) is 27.8. The summed E-state index contributed by atoms with van der Waals surface area (Å²) in [6.07, 6.45) is 0. The maximum Gasteiger partial charge on any atom is 2.00 e. The average molecular weight is 804 g/mol. The Morgan fingerprint density at radius 3 is 0.843 bits per heavy atom. The van der Waals surface area contributed by atoms with Gasteiger partial charge in [-0.15, -0.1) is 0 Å². The number of fused-ring (bicyclic) bond motifs is 18. The third kappa shape index (κ3) is 19.8. The van der Waals surface area contributed by atoms with Gasteiger partial charge in [0.05, 0.1) is 0 Å². The van der Waals surface area contributed by atoms with E-state index < -0.39 is 6.48 Å². The molecule has 8 N–H and O–H groups in total. The molecule has 0 amide bonds. The summed E-state index contributed by atoms with van der Waals surface area (Å²) >= 11 is 0. The second-order valence-corrected chi connectivity index (χ2v) is 12.8. The number of hydrogen-bond acceptors (Lipinski definition) is 11. The van der Waals surface area contributed by atoms with Gasteiger partial charge in [-0.2, -0.15) is 0 Å². The number of methoxy groups -OCH3 is 1. The van der Waals surface area contributed by atoms with Crippen molar-refractivity contribution < 1.29 is 49.1 Å². The van der Waals surface area contributed by atoms with Gasteiger partial charge in [-0.1, -0.05) is 72.8 Å². The third-order valence-electron chi connectivity index (χ3n) is 8.79. The van der Waals surface area contributed by atoms with Crippen LogP contribution >= 0.6 is 0 Å². The zero-order valence-electron chi connectivity index (χ0n) is 30.0. The van der Waals surface area contributed by atoms with Crippen molar-refractivity contribution in [3.63, 3.8) is 0 Å². The number of ether oxygens (including phenoxy) is 1. The van der Waals surface area contributed by atoms with Crippen molar-refractivity contribution in [1.29, 1.82) is 0 Å². The first-order valence-electron chi connectivity index (χ1n) is 17.9. The zero-order chi connectivity index (χ0) is 34.4. The van der Waals surface area contributed by atoms with E-state index in [0.29, 0.717) is 0 Å². The number of aliphatic hydroxyl groups is 2. The van der Waals surface area contributed by atoms with Crippen molar-refractivity contribution >= 4 is 0 Å². The van der Waals surface area contributed by atoms with Crippen LogP contribution in [-0.2, 0) is 78.1 Å². The van der Waals surface area contributed by atoms with Crippen LogP contribution in [0.5, 0.6) is 0 Å². The maximum atomic E-state index is 7.69. The molecule has 0 saturated carbocycles. The standard InChI is InChI=1S/C36H54N8.C2H6O3.2Cu/c1-4-31-22-32(5-1)26-38-11-17-44-19-13-40-28-34-7-2-6-33(23-34)27-39-12-18-43(16-10-37-25-31)20-14-41-29-35-8-3-9-36(24-35)30-42-15-21-44;1-5-2(3)4;;/h1-9,22-24,37-42H,10-21,25-30H2;2-4H,1H3;;/q;;+1;+2. The number of rotatable bonds is 1. The average Bonchev–Trinajstić information content (AvgIpc) is 3.11. The fourth-order valence-electron chi connectivity index (χ4n) is 6.04. The Balaban J connectivity index is 0.00000120. The molecule has 0 aliphatic carbocycles. The summed E-state index contributed by atoms with van der Waals surface area (Å²) in [6.45, 7) is 15.8. The van der Waals surface area contributed by atoms with E-state index in [0.717, 1.165) is 118 Å². The van der Waals surface area contributed by atoms with Crippen molar-refractivity contribution in [3.05, 3.63) is 106 Å². The molecule has 3 aromatic carbocycles. The normalized spacial score (nSPS) is 20.5. The van der Waals surface area contributed by atoms with Crippen molar-refractivity contribution in [1.82, 2.24) is 41.7 Å². The van der Waals surface area contributed by atoms with Crippen molar-refractivity contribution in [2.24, 2.45) is 0 Å². The first kappa shape index (κ1) is 45.4. The topological polar surface area (TPSA) is 128 Å². The predicted octanol–water partition coefficient (Wildman–Crippen LogP) is 1.15. The van der Waals surface area contributed by atoms with Gasteiger partial charge in [0.2, 0.25) is 0 Å². The van der Waals surface area contributed by atoms with Gasteiger partial charge in [0, 0.05) is 125 Å². The molecule has 3 aromatic rings. The molecule has 3 aliphatic heterocycles. The van der Waals surface area contributed by atoms with Crippen LogP contribution < -0.4 is 31.9 Å². The molecule has 13 heteroatoms. The number of nitrogens with zero attached hydrogens (tertiary/aromatic N) is 2. The number of aliphatic hydroxyl groups excluding tert-OH is 1. The van der Waals surface area contributed by atoms with Gasteiger partial charge in [0.25, 0.3) is 6.48 Å². The summed E-state index contributed by atoms with van der Waals surface area (Å²) in [5.41, 5.74) is 8.12. The first-order chi connectivity index (χ1) is 24.1. The molecular weight excluding hydrogens is 744 g/mol. The van der Waals surface area contributed by atoms with E-state index in [4.69, 9.17) is 10.2 Å². The minimum absolute atomic E-state index is 0. The fraction of sp³-hybridized carbons (Fsp3) is 0.526. The van der Waals surface area contributed by atoms with E-state index in [9.17, 15) is 0 Å². The smallest absolute Gasteiger partial charge is 0.346 e. The molecule has 0 aromatic heterocycles. The first-order valence-corrected chi connectivity index (χ1v) is 17.9. The number of nitrogens with one attached hydrogen (secondary N) is 6. The molecule has 3 aliphatic rings. The molecule has 0 saturated heterocycles. The van der Waals surface area contributed by atoms with Gasteiger partial charge in [0.15, 0.2) is 0 Å². The molecule has 0 unspecified atom stereocenters. The van der Waals surface area contributed by atoms with Crippen molar-refractivity contribution in [2.45, 2.75) is 45.7 Å². The van der Waals surface area contributed by atoms with Crippen LogP contribution in [0.2, 0.25) is 0 Å². The van der Waals surface area contributed by atoms with Crippen LogP contribution in [-0.4, -0.2) is 112 Å². The second-order valence-electron chi connectivity index (χ2n) is 12.8. The van der Waals surface area contributed by atoms with Gasteiger partial charge in [-0.05, 0) is 33.4 Å². The van der Waals surface area contributed by atoms with E-state index in [-0.39, 0.29) is 34.1 Å². The van der Waals surface area contributed by atoms with Gasteiger partial charge < -0.3 is 46.9 Å². The van der Waals surface area contributed by atoms with Crippen LogP contribution in [0, 0.1) is 0 Å². The van der Waals surface area contributed by atoms with Crippen LogP contribution in [0.4, 0.5) is 0 Å². The van der Waals surface area contributed by atoms with E-state index in [2.05, 4.69) is 119 Å². The third-order valence-corrected chi connectivity index (χ3v) is 8.79. The summed E-state index contributed by atoms with van der Waals surface area (Å²) < 4.78 is 3.86. The van der Waals surface area contributed by atoms with Gasteiger partial charge in [-0.3, -0.25) is 9.80 Å². The Hall–Kier alpha value is -1.74. The molecule has 8 bridgehead atoms. The predicted molar refractivity (Wildman–Crippen MR) is 198 cm³/mol. The Morgan fingerprint density at radius 2 is 0.667 bits per heavy atom. The largest absolute Gasteiger partial charge is 2.00 e. The summed E-state index contributed by atoms with van der Waals surface area (Å²) in [5, 5.41) is 37.6. The number of benzene rings is 3. The summed E-state index contributed by atoms with van der Waals surface area (Å²) in [6, 6.07) is 27.0. The molecule has 0 atom stereocenters. The minimum atomic E-state index is -1.62. The van der Waals surface area contributed by atoms with Crippen LogP contribution in [0.3, 0.4) is 0 Å². The molecule has 11 nitrogen and oxygen atoms in total. The molecule has 289 valence electrons. The summed E-state index contributed by atoms with van der Waals surface area (Å²) in [5.74, 6) is 0. The molecule has 51 heavy (non-hydrogen) atoms. The van der Waals surface area contributed by atoms with E-state index in [1.165, 1.54) is 40.5 Å². The fourth-order valence-corrected chi connectivity index (χ4v) is 6.04. The van der Waals surface area contributed by atoms with E-state index in [1.807, 2.05) is 0 Å². The Bertz CT molecular complexity index is 1090. The maximum absolute atomic E-state index is 7.69. The van der Waals surface area contributed by atoms with Gasteiger partial charge in [-0.25, -0.2) is 0 Å². The summed E-state index contributed by atoms with van der Waals surface area (Å²) in [7, 11) is 1.20. The number of hydrogen-bond donors (Lipinski definition) is 8. The zero-order valence-corrected chi connectivity index (χ0v) is 31.9. The van der Waals surface area contributed by atoms with Crippen LogP contribution in [0.15, 0.2) is 72.8 Å². The Kier molecular flexibility index (Phi) is 24.8. The Labute approximate surface area is 327 Å². The van der Waals surface area contributed by atoms with E-state index >= 15 is 0 Å². The van der Waals surface area contributed by atoms with Crippen molar-refractivity contribution in [2.75, 3.05) is 85.6 Å². The Morgan fingerprint density at radius 1 is 0.471 bits per heavy atom. The molecule has 1 radical (unpaired) electrons. The van der Waals surface area contributed by atoms with Gasteiger partial charge >= 0.3 is 34.1 Å². The van der Waals surface area contributed by atoms with Crippen molar-refractivity contribution in [3.8, 4) is 0 Å². The summed E-state index contributed by atoms with van der Waals surface area (Å²) in [4.78, 5) is 5.16. The van der Waals surface area contributed by atoms with Gasteiger partial charge in [0.1, 0.15) is 0 Å². The SMILES string of the molecule is COC(O)O.[Cu+2].[Cu+].c1cc2cc(c1)CNCCN1CCNCc3cccc(c3)CNCCN(CCNC2)CCNCc2cccc(c2)CNCC1. The quantitative estimate of drug-likeness (QED) is 0.134.